The number of ether oxygens (including phenoxy) is 1. The summed E-state index contributed by atoms with van der Waals surface area (Å²) in [6, 6.07) is 6.05. The first-order valence-corrected chi connectivity index (χ1v) is 8.62. The third-order valence-electron chi connectivity index (χ3n) is 3.93. The summed E-state index contributed by atoms with van der Waals surface area (Å²) in [6.07, 6.45) is 3.62. The highest BCUT2D eigenvalue weighted by atomic mass is 79.9. The van der Waals surface area contributed by atoms with Crippen LogP contribution in [0.25, 0.3) is 11.3 Å². The summed E-state index contributed by atoms with van der Waals surface area (Å²) in [5.74, 6) is -0.458. The molecule has 0 amide bonds. The van der Waals surface area contributed by atoms with Crippen LogP contribution in [0.15, 0.2) is 22.7 Å². The molecule has 6 nitrogen and oxygen atoms in total. The van der Waals surface area contributed by atoms with Crippen LogP contribution >= 0.6 is 15.9 Å². The Balaban J connectivity index is 2.04. The zero-order valence-corrected chi connectivity index (χ0v) is 14.6. The smallest absolute Gasteiger partial charge is 0.361 e. The number of esters is 1. The van der Waals surface area contributed by atoms with E-state index in [0.29, 0.717) is 12.3 Å². The number of carbonyl (C=O) groups is 1. The molecule has 0 spiro atoms. The molecule has 1 aromatic carbocycles. The second-order valence-corrected chi connectivity index (χ2v) is 6.37. The maximum absolute atomic E-state index is 12.1. The number of halogens is 1. The topological polar surface area (TPSA) is 71.1 Å². The number of H-pyrrole nitrogens is 1. The third kappa shape index (κ3) is 3.39. The van der Waals surface area contributed by atoms with Crippen molar-refractivity contribution in [3.8, 4) is 11.3 Å². The van der Waals surface area contributed by atoms with E-state index in [9.17, 15) is 4.79 Å². The SMILES string of the molecule is CCOC(=O)c1n[nH]nc1-c1cc(Br)ccc1N1CCCCC1. The summed E-state index contributed by atoms with van der Waals surface area (Å²) in [4.78, 5) is 14.4. The Hall–Kier alpha value is -1.89. The number of benzene rings is 1. The van der Waals surface area contributed by atoms with Crippen molar-refractivity contribution >= 4 is 27.6 Å². The number of hydrogen-bond donors (Lipinski definition) is 1. The minimum Gasteiger partial charge on any atom is -0.461 e. The Kier molecular flexibility index (Phi) is 4.95. The number of piperidine rings is 1. The van der Waals surface area contributed by atoms with Gasteiger partial charge in [-0.25, -0.2) is 4.79 Å². The number of nitrogens with one attached hydrogen (secondary N) is 1. The van der Waals surface area contributed by atoms with Gasteiger partial charge in [0.25, 0.3) is 0 Å². The Morgan fingerprint density at radius 1 is 1.30 bits per heavy atom. The molecule has 2 aromatic rings. The van der Waals surface area contributed by atoms with Gasteiger partial charge in [0, 0.05) is 28.8 Å². The molecule has 1 saturated heterocycles. The van der Waals surface area contributed by atoms with Gasteiger partial charge in [-0.2, -0.15) is 10.3 Å². The third-order valence-corrected chi connectivity index (χ3v) is 4.42. The number of aromatic amines is 1. The molecule has 1 aliphatic heterocycles. The Labute approximate surface area is 143 Å². The van der Waals surface area contributed by atoms with Crippen molar-refractivity contribution in [3.05, 3.63) is 28.4 Å². The summed E-state index contributed by atoms with van der Waals surface area (Å²) in [5, 5.41) is 10.7. The molecule has 0 saturated carbocycles. The minimum atomic E-state index is -0.458. The highest BCUT2D eigenvalue weighted by Crippen LogP contribution is 2.35. The summed E-state index contributed by atoms with van der Waals surface area (Å²) in [5.41, 5.74) is 2.72. The van der Waals surface area contributed by atoms with Crippen LogP contribution in [0.2, 0.25) is 0 Å². The van der Waals surface area contributed by atoms with Gasteiger partial charge in [0.2, 0.25) is 0 Å². The van der Waals surface area contributed by atoms with Crippen LogP contribution in [0, 0.1) is 0 Å². The molecule has 2 heterocycles. The Morgan fingerprint density at radius 2 is 2.09 bits per heavy atom. The maximum atomic E-state index is 12.1. The number of anilines is 1. The molecule has 1 aliphatic rings. The number of aromatic nitrogens is 3. The van der Waals surface area contributed by atoms with Crippen molar-refractivity contribution in [3.63, 3.8) is 0 Å². The van der Waals surface area contributed by atoms with Crippen LogP contribution in [0.4, 0.5) is 5.69 Å². The summed E-state index contributed by atoms with van der Waals surface area (Å²) in [7, 11) is 0. The van der Waals surface area contributed by atoms with E-state index in [2.05, 4.69) is 42.3 Å². The highest BCUT2D eigenvalue weighted by molar-refractivity contribution is 9.10. The van der Waals surface area contributed by atoms with E-state index in [1.165, 1.54) is 19.3 Å². The van der Waals surface area contributed by atoms with Crippen molar-refractivity contribution in [2.24, 2.45) is 0 Å². The lowest BCUT2D eigenvalue weighted by Crippen LogP contribution is -2.29. The van der Waals surface area contributed by atoms with Gasteiger partial charge in [-0.3, -0.25) is 0 Å². The molecule has 1 fully saturated rings. The van der Waals surface area contributed by atoms with Crippen LogP contribution in [0.3, 0.4) is 0 Å². The predicted molar refractivity (Wildman–Crippen MR) is 91.5 cm³/mol. The highest BCUT2D eigenvalue weighted by Gasteiger charge is 2.24. The lowest BCUT2D eigenvalue weighted by molar-refractivity contribution is 0.0520. The predicted octanol–water partition coefficient (Wildman–Crippen LogP) is 3.40. The van der Waals surface area contributed by atoms with E-state index >= 15 is 0 Å². The molecule has 0 aliphatic carbocycles. The van der Waals surface area contributed by atoms with E-state index in [1.54, 1.807) is 6.92 Å². The lowest BCUT2D eigenvalue weighted by Gasteiger charge is -2.30. The molecule has 0 unspecified atom stereocenters. The Bertz CT molecular complexity index is 695. The first kappa shape index (κ1) is 16.0. The second-order valence-electron chi connectivity index (χ2n) is 5.45. The summed E-state index contributed by atoms with van der Waals surface area (Å²) in [6.45, 7) is 4.11. The first-order valence-electron chi connectivity index (χ1n) is 7.83. The fourth-order valence-electron chi connectivity index (χ4n) is 2.87. The fourth-order valence-corrected chi connectivity index (χ4v) is 3.23. The van der Waals surface area contributed by atoms with Crippen LogP contribution < -0.4 is 4.90 Å². The standard InChI is InChI=1S/C16H19BrN4O2/c1-2-23-16(22)15-14(18-20-19-15)12-10-11(17)6-7-13(12)21-8-4-3-5-9-21/h6-7,10H,2-5,8-9H2,1H3,(H,18,19,20). The monoisotopic (exact) mass is 378 g/mol. The molecule has 3 rings (SSSR count). The van der Waals surface area contributed by atoms with Crippen molar-refractivity contribution in [1.29, 1.82) is 0 Å². The molecule has 1 N–H and O–H groups in total. The van der Waals surface area contributed by atoms with E-state index in [1.807, 2.05) is 12.1 Å². The van der Waals surface area contributed by atoms with Gasteiger partial charge in [-0.1, -0.05) is 15.9 Å². The number of rotatable bonds is 4. The molecule has 0 atom stereocenters. The molecule has 1 aromatic heterocycles. The van der Waals surface area contributed by atoms with Gasteiger partial charge in [0.05, 0.1) is 6.61 Å². The quantitative estimate of drug-likeness (QED) is 0.825. The zero-order chi connectivity index (χ0) is 16.2. The molecule has 7 heteroatoms. The second kappa shape index (κ2) is 7.12. The van der Waals surface area contributed by atoms with E-state index in [0.717, 1.165) is 28.8 Å². The fraction of sp³-hybridized carbons (Fsp3) is 0.438. The van der Waals surface area contributed by atoms with Crippen LogP contribution in [-0.4, -0.2) is 41.1 Å². The van der Waals surface area contributed by atoms with Crippen molar-refractivity contribution in [2.75, 3.05) is 24.6 Å². The molecule has 0 bridgehead atoms. The van der Waals surface area contributed by atoms with Crippen molar-refractivity contribution in [2.45, 2.75) is 26.2 Å². The summed E-state index contributed by atoms with van der Waals surface area (Å²) < 4.78 is 6.01. The van der Waals surface area contributed by atoms with Gasteiger partial charge in [0.1, 0.15) is 5.69 Å². The van der Waals surface area contributed by atoms with Crippen molar-refractivity contribution in [1.82, 2.24) is 15.4 Å². The largest absolute Gasteiger partial charge is 0.461 e. The normalized spacial score (nSPS) is 14.8. The molecular formula is C16H19BrN4O2. The van der Waals surface area contributed by atoms with Crippen LogP contribution in [-0.2, 0) is 4.74 Å². The van der Waals surface area contributed by atoms with Gasteiger partial charge >= 0.3 is 5.97 Å². The van der Waals surface area contributed by atoms with Gasteiger partial charge in [0.15, 0.2) is 5.69 Å². The first-order chi connectivity index (χ1) is 11.2. The Morgan fingerprint density at radius 3 is 2.83 bits per heavy atom. The number of carbonyl (C=O) groups excluding carboxylic acids is 1. The van der Waals surface area contributed by atoms with E-state index < -0.39 is 5.97 Å². The molecule has 0 radical (unpaired) electrons. The average molecular weight is 379 g/mol. The van der Waals surface area contributed by atoms with Crippen LogP contribution in [0.5, 0.6) is 0 Å². The maximum Gasteiger partial charge on any atom is 0.361 e. The van der Waals surface area contributed by atoms with Gasteiger partial charge in [-0.15, -0.1) is 5.10 Å². The van der Waals surface area contributed by atoms with Crippen LogP contribution in [0.1, 0.15) is 36.7 Å². The molecule has 122 valence electrons. The van der Waals surface area contributed by atoms with Gasteiger partial charge < -0.3 is 9.64 Å². The zero-order valence-electron chi connectivity index (χ0n) is 13.0. The molecule has 23 heavy (non-hydrogen) atoms. The summed E-state index contributed by atoms with van der Waals surface area (Å²) >= 11 is 3.51. The number of hydrogen-bond acceptors (Lipinski definition) is 5. The van der Waals surface area contributed by atoms with E-state index in [-0.39, 0.29) is 5.69 Å². The van der Waals surface area contributed by atoms with Crippen molar-refractivity contribution < 1.29 is 9.53 Å². The van der Waals surface area contributed by atoms with E-state index in [4.69, 9.17) is 4.74 Å². The average Bonchev–Trinajstić information content (AvgIpc) is 3.05. The number of nitrogens with zero attached hydrogens (tertiary/aromatic N) is 3. The molecular weight excluding hydrogens is 360 g/mol. The lowest BCUT2D eigenvalue weighted by atomic mass is 10.0. The minimum absolute atomic E-state index is 0.225. The van der Waals surface area contributed by atoms with Gasteiger partial charge in [-0.05, 0) is 44.4 Å².